The number of hydrogen-bond donors (Lipinski definition) is 1. The first-order valence-corrected chi connectivity index (χ1v) is 5.13. The molecule has 1 rings (SSSR count). The van der Waals surface area contributed by atoms with Crippen LogP contribution in [0.4, 0.5) is 0 Å². The van der Waals surface area contributed by atoms with Crippen molar-refractivity contribution < 1.29 is 14.3 Å². The van der Waals surface area contributed by atoms with Gasteiger partial charge in [0.1, 0.15) is 0 Å². The van der Waals surface area contributed by atoms with E-state index in [0.29, 0.717) is 12.2 Å². The van der Waals surface area contributed by atoms with Crippen LogP contribution in [0.5, 0.6) is 0 Å². The van der Waals surface area contributed by atoms with Crippen molar-refractivity contribution in [2.75, 3.05) is 6.61 Å². The lowest BCUT2D eigenvalue weighted by molar-refractivity contribution is -0.146. The number of benzene rings is 1. The Morgan fingerprint density at radius 1 is 1.44 bits per heavy atom. The zero-order chi connectivity index (χ0) is 11.8. The van der Waals surface area contributed by atoms with Crippen LogP contribution in [0.1, 0.15) is 24.9 Å². The zero-order valence-corrected chi connectivity index (χ0v) is 9.10. The van der Waals surface area contributed by atoms with E-state index < -0.39 is 12.0 Å². The summed E-state index contributed by atoms with van der Waals surface area (Å²) in [5.41, 5.74) is 0.687. The third-order valence-corrected chi connectivity index (χ3v) is 2.02. The molecule has 0 fully saturated rings. The van der Waals surface area contributed by atoms with Crippen molar-refractivity contribution in [1.29, 1.82) is 0 Å². The molecule has 0 bridgehead atoms. The quantitative estimate of drug-likeness (QED) is 0.581. The second-order valence-electron chi connectivity index (χ2n) is 3.26. The van der Waals surface area contributed by atoms with Crippen LogP contribution in [0, 0.1) is 0 Å². The van der Waals surface area contributed by atoms with E-state index in [1.54, 1.807) is 24.3 Å². The van der Waals surface area contributed by atoms with Gasteiger partial charge in [-0.1, -0.05) is 37.3 Å². The number of ether oxygens (including phenoxy) is 1. The normalized spacial score (nSPS) is 11.6. The van der Waals surface area contributed by atoms with Crippen LogP contribution in [-0.4, -0.2) is 19.0 Å². The Kier molecular flexibility index (Phi) is 5.05. The molecule has 0 saturated heterocycles. The van der Waals surface area contributed by atoms with Gasteiger partial charge in [-0.3, -0.25) is 4.79 Å². The summed E-state index contributed by atoms with van der Waals surface area (Å²) < 4.78 is 4.98. The maximum atomic E-state index is 11.6. The van der Waals surface area contributed by atoms with Gasteiger partial charge in [0.25, 0.3) is 0 Å². The molecule has 16 heavy (non-hydrogen) atoms. The minimum absolute atomic E-state index is 0.350. The van der Waals surface area contributed by atoms with Crippen LogP contribution in [0.25, 0.3) is 0 Å². The van der Waals surface area contributed by atoms with Gasteiger partial charge in [-0.2, -0.15) is 0 Å². The highest BCUT2D eigenvalue weighted by molar-refractivity contribution is 5.80. The van der Waals surface area contributed by atoms with Gasteiger partial charge in [0.15, 0.2) is 6.04 Å². The van der Waals surface area contributed by atoms with Gasteiger partial charge in [0.2, 0.25) is 0 Å². The molecule has 0 heterocycles. The van der Waals surface area contributed by atoms with E-state index in [0.717, 1.165) is 6.42 Å². The predicted molar refractivity (Wildman–Crippen MR) is 59.3 cm³/mol. The van der Waals surface area contributed by atoms with Gasteiger partial charge < -0.3 is 10.1 Å². The fourth-order valence-electron chi connectivity index (χ4n) is 1.27. The lowest BCUT2D eigenvalue weighted by Gasteiger charge is -2.14. The second-order valence-corrected chi connectivity index (χ2v) is 3.26. The molecule has 0 saturated carbocycles. The summed E-state index contributed by atoms with van der Waals surface area (Å²) in [5, 5.41) is 2.33. The van der Waals surface area contributed by atoms with E-state index in [1.807, 2.05) is 13.0 Å². The number of hydrogen-bond acceptors (Lipinski definition) is 3. The molecule has 0 aliphatic rings. The molecule has 0 aliphatic carbocycles. The Labute approximate surface area is 94.6 Å². The summed E-state index contributed by atoms with van der Waals surface area (Å²) in [6, 6.07) is 8.15. The summed E-state index contributed by atoms with van der Waals surface area (Å²) in [4.78, 5) is 22.0. The van der Waals surface area contributed by atoms with E-state index in [9.17, 15) is 9.59 Å². The lowest BCUT2D eigenvalue weighted by atomic mass is 10.1. The van der Waals surface area contributed by atoms with Crippen molar-refractivity contribution in [2.45, 2.75) is 19.4 Å². The average Bonchev–Trinajstić information content (AvgIpc) is 2.34. The van der Waals surface area contributed by atoms with Crippen LogP contribution in [0.2, 0.25) is 0 Å². The van der Waals surface area contributed by atoms with Crippen molar-refractivity contribution in [1.82, 2.24) is 5.32 Å². The Hall–Kier alpha value is -1.84. The highest BCUT2D eigenvalue weighted by Gasteiger charge is 2.20. The Morgan fingerprint density at radius 2 is 2.12 bits per heavy atom. The predicted octanol–water partition coefficient (Wildman–Crippen LogP) is 1.34. The minimum Gasteiger partial charge on any atom is -0.464 e. The summed E-state index contributed by atoms with van der Waals surface area (Å²) in [7, 11) is 0. The smallest absolute Gasteiger partial charge is 0.333 e. The molecule has 1 aromatic rings. The van der Waals surface area contributed by atoms with Crippen LogP contribution in [0.3, 0.4) is 0 Å². The molecule has 1 atom stereocenters. The van der Waals surface area contributed by atoms with Crippen molar-refractivity contribution in [3.63, 3.8) is 0 Å². The van der Waals surface area contributed by atoms with Crippen LogP contribution in [-0.2, 0) is 14.3 Å². The first kappa shape index (κ1) is 12.2. The van der Waals surface area contributed by atoms with E-state index in [-0.39, 0.29) is 0 Å². The molecule has 4 nitrogen and oxygen atoms in total. The maximum Gasteiger partial charge on any atom is 0.333 e. The Bertz CT molecular complexity index is 337. The zero-order valence-electron chi connectivity index (χ0n) is 9.10. The molecule has 1 aromatic carbocycles. The minimum atomic E-state index is -0.773. The van der Waals surface area contributed by atoms with Gasteiger partial charge in [-0.05, 0) is 12.0 Å². The van der Waals surface area contributed by atoms with E-state index in [2.05, 4.69) is 5.32 Å². The summed E-state index contributed by atoms with van der Waals surface area (Å²) >= 11 is 0. The molecule has 0 aliphatic heterocycles. The maximum absolute atomic E-state index is 11.6. The molecule has 1 N–H and O–H groups in total. The molecule has 1 radical (unpaired) electrons. The van der Waals surface area contributed by atoms with Gasteiger partial charge in [-0.25, -0.2) is 4.79 Å². The third-order valence-electron chi connectivity index (χ3n) is 2.02. The fourth-order valence-corrected chi connectivity index (χ4v) is 1.27. The van der Waals surface area contributed by atoms with Crippen molar-refractivity contribution in [3.8, 4) is 0 Å². The largest absolute Gasteiger partial charge is 0.464 e. The van der Waals surface area contributed by atoms with Gasteiger partial charge in [-0.15, -0.1) is 0 Å². The first-order chi connectivity index (χ1) is 7.79. The molecule has 4 heteroatoms. The summed E-state index contributed by atoms with van der Waals surface area (Å²) in [6.45, 7) is 2.26. The monoisotopic (exact) mass is 220 g/mol. The molecular formula is C12H14NO3. The van der Waals surface area contributed by atoms with Crippen molar-refractivity contribution in [3.05, 3.63) is 35.9 Å². The highest BCUT2D eigenvalue weighted by Crippen LogP contribution is 2.13. The summed E-state index contributed by atoms with van der Waals surface area (Å²) in [5.74, 6) is -0.462. The number of carbonyl (C=O) groups excluding carboxylic acids is 2. The highest BCUT2D eigenvalue weighted by atomic mass is 16.5. The molecule has 0 spiro atoms. The number of esters is 1. The second kappa shape index (κ2) is 6.61. The van der Waals surface area contributed by atoms with Crippen molar-refractivity contribution >= 4 is 12.4 Å². The topological polar surface area (TPSA) is 55.4 Å². The molecule has 1 unspecified atom stereocenters. The van der Waals surface area contributed by atoms with Gasteiger partial charge in [0.05, 0.1) is 6.61 Å². The summed E-state index contributed by atoms with van der Waals surface area (Å²) in [6.07, 6.45) is 2.27. The Morgan fingerprint density at radius 3 is 2.69 bits per heavy atom. The van der Waals surface area contributed by atoms with Crippen LogP contribution in [0.15, 0.2) is 30.3 Å². The van der Waals surface area contributed by atoms with Gasteiger partial charge >= 0.3 is 12.4 Å². The lowest BCUT2D eigenvalue weighted by Crippen LogP contribution is -2.29. The van der Waals surface area contributed by atoms with Crippen LogP contribution < -0.4 is 5.32 Å². The van der Waals surface area contributed by atoms with Crippen LogP contribution >= 0.6 is 0 Å². The third kappa shape index (κ3) is 3.38. The number of amides is 1. The Balaban J connectivity index is 2.74. The standard InChI is InChI=1S/C12H14NO3/c1-2-8-16-12(15)11(13-9-14)10-6-4-3-5-7-10/h3-7,11H,2,8H2,1H3,(H,13,14). The van der Waals surface area contributed by atoms with Gasteiger partial charge in [0, 0.05) is 0 Å². The molecular weight excluding hydrogens is 206 g/mol. The molecule has 85 valence electrons. The van der Waals surface area contributed by atoms with E-state index in [1.165, 1.54) is 6.41 Å². The van der Waals surface area contributed by atoms with E-state index >= 15 is 0 Å². The SMILES string of the molecule is CCCOC(=O)C(N[C]=O)c1ccccc1. The first-order valence-electron chi connectivity index (χ1n) is 5.13. The van der Waals surface area contributed by atoms with E-state index in [4.69, 9.17) is 4.74 Å². The van der Waals surface area contributed by atoms with Crippen molar-refractivity contribution in [2.24, 2.45) is 0 Å². The fraction of sp³-hybridized carbons (Fsp3) is 0.333. The number of rotatable bonds is 6. The molecule has 0 aromatic heterocycles. The molecule has 1 amide bonds. The number of nitrogens with one attached hydrogen (secondary N) is 1. The average molecular weight is 220 g/mol. The number of carbonyl (C=O) groups is 1.